The van der Waals surface area contributed by atoms with Crippen LogP contribution in [0.15, 0.2) is 18.2 Å². The summed E-state index contributed by atoms with van der Waals surface area (Å²) in [5.74, 6) is 3.23. The third-order valence-corrected chi connectivity index (χ3v) is 4.51. The van der Waals surface area contributed by atoms with Crippen molar-refractivity contribution in [2.24, 2.45) is 5.92 Å². The molecule has 0 amide bonds. The van der Waals surface area contributed by atoms with Crippen molar-refractivity contribution in [1.29, 1.82) is 0 Å². The molecule has 1 saturated heterocycles. The Balaban J connectivity index is 1.96. The molecular weight excluding hydrogens is 252 g/mol. The lowest BCUT2D eigenvalue weighted by Gasteiger charge is -2.29. The molecule has 1 N–H and O–H groups in total. The second-order valence-corrected chi connectivity index (χ2v) is 6.96. The Morgan fingerprint density at radius 2 is 2.00 bits per heavy atom. The maximum Gasteiger partial charge on any atom is 0.0369 e. The second-order valence-electron chi connectivity index (χ2n) is 5.73. The molecule has 2 nitrogen and oxygen atoms in total. The number of hydrogen-bond donors (Lipinski definition) is 1. The highest BCUT2D eigenvalue weighted by Crippen LogP contribution is 2.22. The van der Waals surface area contributed by atoms with Crippen LogP contribution in [0.4, 0.5) is 5.69 Å². The zero-order valence-corrected chi connectivity index (χ0v) is 13.2. The molecule has 1 aromatic carbocycles. The van der Waals surface area contributed by atoms with E-state index in [2.05, 4.69) is 60.9 Å². The van der Waals surface area contributed by atoms with Gasteiger partial charge in [0.15, 0.2) is 0 Å². The average Bonchev–Trinajstić information content (AvgIpc) is 2.41. The van der Waals surface area contributed by atoms with Crippen LogP contribution in [0.3, 0.4) is 0 Å². The highest BCUT2D eigenvalue weighted by atomic mass is 32.2. The highest BCUT2D eigenvalue weighted by molar-refractivity contribution is 7.99. The van der Waals surface area contributed by atoms with Gasteiger partial charge in [0, 0.05) is 36.8 Å². The van der Waals surface area contributed by atoms with Crippen molar-refractivity contribution in [2.45, 2.75) is 27.3 Å². The summed E-state index contributed by atoms with van der Waals surface area (Å²) >= 11 is 2.06. The van der Waals surface area contributed by atoms with Gasteiger partial charge in [0.1, 0.15) is 0 Å². The summed E-state index contributed by atoms with van der Waals surface area (Å²) in [7, 11) is 0. The maximum absolute atomic E-state index is 3.52. The summed E-state index contributed by atoms with van der Waals surface area (Å²) in [6.45, 7) is 11.2. The fraction of sp³-hybridized carbons (Fsp3) is 0.625. The van der Waals surface area contributed by atoms with Crippen molar-refractivity contribution < 1.29 is 0 Å². The Morgan fingerprint density at radius 1 is 1.26 bits per heavy atom. The van der Waals surface area contributed by atoms with Gasteiger partial charge in [-0.05, 0) is 42.6 Å². The van der Waals surface area contributed by atoms with Crippen LogP contribution in [-0.4, -0.2) is 31.1 Å². The van der Waals surface area contributed by atoms with Crippen LogP contribution in [0.5, 0.6) is 0 Å². The summed E-state index contributed by atoms with van der Waals surface area (Å²) in [5, 5.41) is 3.52. The predicted octanol–water partition coefficient (Wildman–Crippen LogP) is 3.29. The third-order valence-electron chi connectivity index (χ3n) is 3.57. The summed E-state index contributed by atoms with van der Waals surface area (Å²) < 4.78 is 0. The van der Waals surface area contributed by atoms with Crippen molar-refractivity contribution >= 4 is 17.4 Å². The molecule has 2 rings (SSSR count). The summed E-state index contributed by atoms with van der Waals surface area (Å²) in [5.41, 5.74) is 4.23. The van der Waals surface area contributed by atoms with Crippen molar-refractivity contribution in [1.82, 2.24) is 5.32 Å². The molecule has 0 aromatic heterocycles. The predicted molar refractivity (Wildman–Crippen MR) is 87.3 cm³/mol. The molecule has 19 heavy (non-hydrogen) atoms. The lowest BCUT2D eigenvalue weighted by atomic mass is 10.1. The first-order valence-corrected chi connectivity index (χ1v) is 8.45. The topological polar surface area (TPSA) is 15.3 Å². The minimum Gasteiger partial charge on any atom is -0.370 e. The first-order chi connectivity index (χ1) is 9.16. The Morgan fingerprint density at radius 3 is 2.63 bits per heavy atom. The van der Waals surface area contributed by atoms with E-state index >= 15 is 0 Å². The van der Waals surface area contributed by atoms with Crippen LogP contribution < -0.4 is 10.2 Å². The highest BCUT2D eigenvalue weighted by Gasteiger charge is 2.11. The smallest absolute Gasteiger partial charge is 0.0369 e. The second kappa shape index (κ2) is 7.20. The number of rotatable bonds is 5. The van der Waals surface area contributed by atoms with Gasteiger partial charge in [0.05, 0.1) is 0 Å². The summed E-state index contributed by atoms with van der Waals surface area (Å²) in [4.78, 5) is 2.51. The van der Waals surface area contributed by atoms with E-state index in [0.717, 1.165) is 13.1 Å². The molecule has 0 aliphatic carbocycles. The van der Waals surface area contributed by atoms with Crippen molar-refractivity contribution in [2.75, 3.05) is 36.0 Å². The molecule has 0 radical (unpaired) electrons. The molecule has 1 aromatic rings. The number of aryl methyl sites for hydroxylation is 1. The Bertz CT molecular complexity index is 398. The lowest BCUT2D eigenvalue weighted by molar-refractivity contribution is 0.551. The number of anilines is 1. The first kappa shape index (κ1) is 14.7. The number of nitrogens with one attached hydrogen (secondary N) is 1. The number of benzene rings is 1. The van der Waals surface area contributed by atoms with Gasteiger partial charge in [-0.1, -0.05) is 19.9 Å². The monoisotopic (exact) mass is 278 g/mol. The van der Waals surface area contributed by atoms with E-state index < -0.39 is 0 Å². The van der Waals surface area contributed by atoms with Crippen molar-refractivity contribution in [3.63, 3.8) is 0 Å². The molecule has 0 unspecified atom stereocenters. The van der Waals surface area contributed by atoms with Crippen molar-refractivity contribution in [3.05, 3.63) is 29.3 Å². The Labute approximate surface area is 122 Å². The van der Waals surface area contributed by atoms with E-state index in [1.54, 1.807) is 0 Å². The SMILES string of the molecule is Cc1cc(N2CCSCC2)ccc1CNCC(C)C. The largest absolute Gasteiger partial charge is 0.370 e. The van der Waals surface area contributed by atoms with Crippen LogP contribution in [-0.2, 0) is 6.54 Å². The molecule has 1 heterocycles. The quantitative estimate of drug-likeness (QED) is 0.890. The van der Waals surface area contributed by atoms with Crippen LogP contribution in [0.2, 0.25) is 0 Å². The van der Waals surface area contributed by atoms with Gasteiger partial charge >= 0.3 is 0 Å². The molecule has 0 atom stereocenters. The molecule has 106 valence electrons. The first-order valence-electron chi connectivity index (χ1n) is 7.30. The molecular formula is C16H26N2S. The van der Waals surface area contributed by atoms with Gasteiger partial charge < -0.3 is 10.2 Å². The lowest BCUT2D eigenvalue weighted by Crippen LogP contribution is -2.32. The van der Waals surface area contributed by atoms with E-state index in [1.807, 2.05) is 0 Å². The molecule has 0 saturated carbocycles. The molecule has 0 bridgehead atoms. The number of thioether (sulfide) groups is 1. The van der Waals surface area contributed by atoms with Crippen molar-refractivity contribution in [3.8, 4) is 0 Å². The zero-order valence-electron chi connectivity index (χ0n) is 12.4. The van der Waals surface area contributed by atoms with Crippen LogP contribution in [0.1, 0.15) is 25.0 Å². The summed E-state index contributed by atoms with van der Waals surface area (Å²) in [6, 6.07) is 6.93. The van der Waals surface area contributed by atoms with Gasteiger partial charge in [-0.3, -0.25) is 0 Å². The Hall–Kier alpha value is -0.670. The fourth-order valence-corrected chi connectivity index (χ4v) is 3.30. The van der Waals surface area contributed by atoms with E-state index in [4.69, 9.17) is 0 Å². The zero-order chi connectivity index (χ0) is 13.7. The minimum atomic E-state index is 0.713. The van der Waals surface area contributed by atoms with E-state index in [0.29, 0.717) is 5.92 Å². The Kier molecular flexibility index (Phi) is 5.59. The van der Waals surface area contributed by atoms with Gasteiger partial charge in [0.25, 0.3) is 0 Å². The van der Waals surface area contributed by atoms with Crippen LogP contribution in [0.25, 0.3) is 0 Å². The van der Waals surface area contributed by atoms with Crippen LogP contribution in [0, 0.1) is 12.8 Å². The van der Waals surface area contributed by atoms with Gasteiger partial charge in [-0.25, -0.2) is 0 Å². The minimum absolute atomic E-state index is 0.713. The standard InChI is InChI=1S/C16H26N2S/c1-13(2)11-17-12-15-4-5-16(10-14(15)3)18-6-8-19-9-7-18/h4-5,10,13,17H,6-9,11-12H2,1-3H3. The molecule has 3 heteroatoms. The van der Waals surface area contributed by atoms with Gasteiger partial charge in [-0.2, -0.15) is 11.8 Å². The van der Waals surface area contributed by atoms with Gasteiger partial charge in [-0.15, -0.1) is 0 Å². The number of nitrogens with zero attached hydrogens (tertiary/aromatic N) is 1. The normalized spacial score (nSPS) is 16.1. The van der Waals surface area contributed by atoms with E-state index in [-0.39, 0.29) is 0 Å². The molecule has 1 aliphatic rings. The van der Waals surface area contributed by atoms with Gasteiger partial charge in [0.2, 0.25) is 0 Å². The molecule has 0 spiro atoms. The molecule has 1 fully saturated rings. The average molecular weight is 278 g/mol. The van der Waals surface area contributed by atoms with E-state index in [1.165, 1.54) is 41.4 Å². The van der Waals surface area contributed by atoms with E-state index in [9.17, 15) is 0 Å². The number of hydrogen-bond acceptors (Lipinski definition) is 3. The summed E-state index contributed by atoms with van der Waals surface area (Å²) in [6.07, 6.45) is 0. The van der Waals surface area contributed by atoms with Crippen LogP contribution >= 0.6 is 11.8 Å². The molecule has 1 aliphatic heterocycles. The maximum atomic E-state index is 3.52. The third kappa shape index (κ3) is 4.43. The fourth-order valence-electron chi connectivity index (χ4n) is 2.39.